The average Bonchev–Trinajstić information content (AvgIpc) is 3.25. The number of aromatic nitrogens is 2. The van der Waals surface area contributed by atoms with Gasteiger partial charge < -0.3 is 47.1 Å². The summed E-state index contributed by atoms with van der Waals surface area (Å²) in [6.45, 7) is 1.09. The fourth-order valence-corrected chi connectivity index (χ4v) is 2.84. The normalized spacial score (nSPS) is 15.1. The lowest BCUT2D eigenvalue weighted by molar-refractivity contribution is -0.146. The zero-order valence-electron chi connectivity index (χ0n) is 18.6. The van der Waals surface area contributed by atoms with Gasteiger partial charge in [-0.3, -0.25) is 24.0 Å². The topological polar surface area (TPSA) is 274 Å². The number of carboxylic acids is 3. The van der Waals surface area contributed by atoms with Crippen molar-refractivity contribution in [1.82, 2.24) is 25.9 Å². The monoisotopic (exact) mass is 500 g/mol. The molecular formula is C19H28N6O10. The number of aliphatic hydroxyl groups excluding tert-OH is 1. The van der Waals surface area contributed by atoms with Crippen molar-refractivity contribution in [3.8, 4) is 0 Å². The first-order valence-corrected chi connectivity index (χ1v) is 10.3. The van der Waals surface area contributed by atoms with Crippen molar-refractivity contribution >= 4 is 35.6 Å². The van der Waals surface area contributed by atoms with Gasteiger partial charge in [-0.1, -0.05) is 0 Å². The Morgan fingerprint density at radius 1 is 0.971 bits per heavy atom. The molecule has 0 radical (unpaired) electrons. The summed E-state index contributed by atoms with van der Waals surface area (Å²) >= 11 is 0. The van der Waals surface area contributed by atoms with Crippen LogP contribution in [0, 0.1) is 0 Å². The molecule has 1 rings (SSSR count). The van der Waals surface area contributed by atoms with E-state index in [1.165, 1.54) is 12.5 Å². The molecule has 5 atom stereocenters. The predicted octanol–water partition coefficient (Wildman–Crippen LogP) is -3.46. The Bertz CT molecular complexity index is 919. The van der Waals surface area contributed by atoms with Crippen molar-refractivity contribution in [1.29, 1.82) is 0 Å². The number of imidazole rings is 1. The Hall–Kier alpha value is -4.05. The van der Waals surface area contributed by atoms with Crippen molar-refractivity contribution in [3.63, 3.8) is 0 Å². The third kappa shape index (κ3) is 10.2. The molecule has 1 aromatic rings. The van der Waals surface area contributed by atoms with E-state index in [2.05, 4.69) is 20.6 Å². The number of aliphatic hydroxyl groups is 1. The summed E-state index contributed by atoms with van der Waals surface area (Å²) in [5, 5.41) is 43.0. The van der Waals surface area contributed by atoms with E-state index in [-0.39, 0.29) is 6.42 Å². The SMILES string of the molecule is CC(O)C(NC(=O)C(CCC(=O)O)NC(=O)C(CC(=O)O)NC(=O)C(N)Cc1cnc[nH]1)C(=O)O. The summed E-state index contributed by atoms with van der Waals surface area (Å²) in [5.74, 6) is -7.55. The van der Waals surface area contributed by atoms with Crippen LogP contribution in [-0.2, 0) is 35.2 Å². The number of hydrogen-bond acceptors (Lipinski definition) is 9. The van der Waals surface area contributed by atoms with Gasteiger partial charge in [0.05, 0.1) is 24.9 Å². The van der Waals surface area contributed by atoms with Crippen LogP contribution in [0.4, 0.5) is 0 Å². The number of hydrogen-bond donors (Lipinski definition) is 9. The summed E-state index contributed by atoms with van der Waals surface area (Å²) in [6.07, 6.45) is -0.766. The number of rotatable bonds is 15. The molecule has 0 fully saturated rings. The zero-order valence-corrected chi connectivity index (χ0v) is 18.6. The summed E-state index contributed by atoms with van der Waals surface area (Å²) in [7, 11) is 0. The van der Waals surface area contributed by atoms with Crippen LogP contribution in [-0.4, -0.2) is 96.3 Å². The van der Waals surface area contributed by atoms with E-state index in [0.29, 0.717) is 5.69 Å². The van der Waals surface area contributed by atoms with Crippen LogP contribution in [0.15, 0.2) is 12.5 Å². The highest BCUT2D eigenvalue weighted by atomic mass is 16.4. The van der Waals surface area contributed by atoms with Gasteiger partial charge in [0.1, 0.15) is 12.1 Å². The summed E-state index contributed by atoms with van der Waals surface area (Å²) in [4.78, 5) is 77.6. The number of carbonyl (C=O) groups is 6. The number of amides is 3. The number of carboxylic acid groups (broad SMARTS) is 3. The molecule has 1 heterocycles. The minimum Gasteiger partial charge on any atom is -0.481 e. The highest BCUT2D eigenvalue weighted by molar-refractivity contribution is 5.95. The van der Waals surface area contributed by atoms with E-state index < -0.39 is 85.2 Å². The number of aromatic amines is 1. The van der Waals surface area contributed by atoms with Crippen LogP contribution in [0.25, 0.3) is 0 Å². The lowest BCUT2D eigenvalue weighted by Crippen LogP contribution is -2.58. The van der Waals surface area contributed by atoms with Crippen molar-refractivity contribution < 1.29 is 49.2 Å². The third-order valence-electron chi connectivity index (χ3n) is 4.67. The number of aliphatic carboxylic acids is 3. The quantitative estimate of drug-likeness (QED) is 0.114. The minimum absolute atomic E-state index is 0.00714. The van der Waals surface area contributed by atoms with E-state index in [9.17, 15) is 33.9 Å². The van der Waals surface area contributed by atoms with Crippen LogP contribution < -0.4 is 21.7 Å². The zero-order chi connectivity index (χ0) is 26.7. The van der Waals surface area contributed by atoms with Gasteiger partial charge in [0.25, 0.3) is 0 Å². The molecule has 3 amide bonds. The molecule has 194 valence electrons. The van der Waals surface area contributed by atoms with E-state index in [4.69, 9.17) is 21.1 Å². The number of H-pyrrole nitrogens is 1. The van der Waals surface area contributed by atoms with Gasteiger partial charge in [-0.15, -0.1) is 0 Å². The Kier molecular flexibility index (Phi) is 11.3. The third-order valence-corrected chi connectivity index (χ3v) is 4.67. The molecule has 0 bridgehead atoms. The Labute approximate surface area is 198 Å². The maximum Gasteiger partial charge on any atom is 0.328 e. The molecule has 0 aromatic carbocycles. The standard InChI is InChI=1S/C19H28N6O10/c1-8(26)15(19(34)35)25-17(32)11(2-3-13(27)28)23-18(33)12(5-14(29)30)24-16(31)10(20)4-9-6-21-7-22-9/h6-8,10-12,15,26H,2-5,20H2,1H3,(H,21,22)(H,23,33)(H,24,31)(H,25,32)(H,27,28)(H,29,30)(H,34,35). The summed E-state index contributed by atoms with van der Waals surface area (Å²) in [5.41, 5.74) is 6.29. The second-order valence-corrected chi connectivity index (χ2v) is 7.61. The molecule has 0 saturated carbocycles. The molecule has 0 aliphatic heterocycles. The first-order chi connectivity index (χ1) is 16.3. The number of nitrogens with zero attached hydrogens (tertiary/aromatic N) is 1. The fraction of sp³-hybridized carbons (Fsp3) is 0.526. The molecule has 5 unspecified atom stereocenters. The lowest BCUT2D eigenvalue weighted by atomic mass is 10.1. The lowest BCUT2D eigenvalue weighted by Gasteiger charge is -2.25. The van der Waals surface area contributed by atoms with Crippen molar-refractivity contribution in [2.45, 2.75) is 62.9 Å². The number of carbonyl (C=O) groups excluding carboxylic acids is 3. The summed E-state index contributed by atoms with van der Waals surface area (Å²) < 4.78 is 0. The van der Waals surface area contributed by atoms with E-state index in [1.807, 2.05) is 5.32 Å². The van der Waals surface area contributed by atoms with Gasteiger partial charge in [-0.25, -0.2) is 9.78 Å². The van der Waals surface area contributed by atoms with Crippen LogP contribution in [0.3, 0.4) is 0 Å². The average molecular weight is 500 g/mol. The van der Waals surface area contributed by atoms with E-state index in [1.54, 1.807) is 0 Å². The molecule has 16 heteroatoms. The Balaban J connectivity index is 2.98. The van der Waals surface area contributed by atoms with Crippen LogP contribution in [0.5, 0.6) is 0 Å². The van der Waals surface area contributed by atoms with Gasteiger partial charge in [0.2, 0.25) is 17.7 Å². The van der Waals surface area contributed by atoms with Gasteiger partial charge >= 0.3 is 17.9 Å². The molecule has 0 aliphatic carbocycles. The van der Waals surface area contributed by atoms with E-state index >= 15 is 0 Å². The number of nitrogens with one attached hydrogen (secondary N) is 4. The first-order valence-electron chi connectivity index (χ1n) is 10.3. The van der Waals surface area contributed by atoms with Gasteiger partial charge in [0, 0.05) is 24.7 Å². The minimum atomic E-state index is -1.76. The molecule has 0 saturated heterocycles. The smallest absolute Gasteiger partial charge is 0.328 e. The summed E-state index contributed by atoms with van der Waals surface area (Å²) in [6, 6.07) is -6.26. The second-order valence-electron chi connectivity index (χ2n) is 7.61. The van der Waals surface area contributed by atoms with E-state index in [0.717, 1.165) is 6.92 Å². The van der Waals surface area contributed by atoms with Crippen molar-refractivity contribution in [2.75, 3.05) is 0 Å². The van der Waals surface area contributed by atoms with Crippen LogP contribution in [0.1, 0.15) is 31.9 Å². The highest BCUT2D eigenvalue weighted by Gasteiger charge is 2.33. The van der Waals surface area contributed by atoms with Crippen LogP contribution >= 0.6 is 0 Å². The molecule has 16 nitrogen and oxygen atoms in total. The van der Waals surface area contributed by atoms with Crippen molar-refractivity contribution in [3.05, 3.63) is 18.2 Å². The largest absolute Gasteiger partial charge is 0.481 e. The molecule has 0 aliphatic rings. The van der Waals surface area contributed by atoms with Gasteiger partial charge in [-0.05, 0) is 13.3 Å². The predicted molar refractivity (Wildman–Crippen MR) is 114 cm³/mol. The molecule has 35 heavy (non-hydrogen) atoms. The molecule has 10 N–H and O–H groups in total. The second kappa shape index (κ2) is 13.6. The van der Waals surface area contributed by atoms with Crippen molar-refractivity contribution in [2.24, 2.45) is 5.73 Å². The van der Waals surface area contributed by atoms with Crippen LogP contribution in [0.2, 0.25) is 0 Å². The van der Waals surface area contributed by atoms with Gasteiger partial charge in [0.15, 0.2) is 6.04 Å². The first kappa shape index (κ1) is 29.0. The molecular weight excluding hydrogens is 472 g/mol. The number of nitrogens with two attached hydrogens (primary N) is 1. The Morgan fingerprint density at radius 2 is 1.57 bits per heavy atom. The van der Waals surface area contributed by atoms with Gasteiger partial charge in [-0.2, -0.15) is 0 Å². The maximum absolute atomic E-state index is 12.7. The Morgan fingerprint density at radius 3 is 2.06 bits per heavy atom. The highest BCUT2D eigenvalue weighted by Crippen LogP contribution is 2.04. The molecule has 1 aromatic heterocycles. The molecule has 0 spiro atoms. The fourth-order valence-electron chi connectivity index (χ4n) is 2.84. The maximum atomic E-state index is 12.7.